The highest BCUT2D eigenvalue weighted by Gasteiger charge is 2.52. The van der Waals surface area contributed by atoms with Gasteiger partial charge >= 0.3 is 5.97 Å². The fourth-order valence-corrected chi connectivity index (χ4v) is 3.96. The molecule has 3 aromatic rings. The first-order valence-corrected chi connectivity index (χ1v) is 10.3. The molecule has 32 heavy (non-hydrogen) atoms. The number of rotatable bonds is 8. The zero-order valence-electron chi connectivity index (χ0n) is 17.3. The van der Waals surface area contributed by atoms with Crippen LogP contribution in [0.4, 0.5) is 0 Å². The predicted molar refractivity (Wildman–Crippen MR) is 119 cm³/mol. The Hall–Kier alpha value is -4.09. The second kappa shape index (κ2) is 9.81. The number of hydrogen-bond acceptors (Lipinski definition) is 4. The summed E-state index contributed by atoms with van der Waals surface area (Å²) in [4.78, 5) is 30.6. The van der Waals surface area contributed by atoms with E-state index in [9.17, 15) is 9.59 Å². The Morgan fingerprint density at radius 2 is 1.50 bits per heavy atom. The molecular weight excluding hydrogens is 404 g/mol. The van der Waals surface area contributed by atoms with E-state index in [1.807, 2.05) is 91.0 Å². The van der Waals surface area contributed by atoms with Gasteiger partial charge in [0.05, 0.1) is 6.04 Å². The topological polar surface area (TPSA) is 95.4 Å². The molecule has 0 bridgehead atoms. The van der Waals surface area contributed by atoms with E-state index in [0.29, 0.717) is 6.42 Å². The fraction of sp³-hybridized carbons (Fsp3) is 0.200. The van der Waals surface area contributed by atoms with Gasteiger partial charge in [0.25, 0.3) is 0 Å². The Balaban J connectivity index is 1.63. The van der Waals surface area contributed by atoms with Crippen molar-refractivity contribution >= 4 is 11.9 Å². The molecule has 3 unspecified atom stereocenters. The van der Waals surface area contributed by atoms with Crippen molar-refractivity contribution in [3.05, 3.63) is 118 Å². The molecule has 0 radical (unpaired) electrons. The number of ether oxygens (including phenoxy) is 1. The third kappa shape index (κ3) is 4.48. The molecule has 1 saturated heterocycles. The van der Waals surface area contributed by atoms with E-state index in [2.05, 4.69) is 10.0 Å². The van der Waals surface area contributed by atoms with Gasteiger partial charge in [0.2, 0.25) is 5.91 Å². The standard InChI is InChI=1S/C25H22N4O3/c26-28-27-22-23(20-14-8-3-9-15-20)29(24(22)30)21(16-18-10-4-1-5-11-18)25(31)32-17-19-12-6-2-7-13-19/h1-15,21-23H,16-17H2. The van der Waals surface area contributed by atoms with Crippen molar-refractivity contribution in [2.75, 3.05) is 0 Å². The highest BCUT2D eigenvalue weighted by Crippen LogP contribution is 2.40. The minimum Gasteiger partial charge on any atom is -0.459 e. The molecule has 0 spiro atoms. The van der Waals surface area contributed by atoms with E-state index in [1.54, 1.807) is 0 Å². The average Bonchev–Trinajstić information content (AvgIpc) is 2.85. The fourth-order valence-electron chi connectivity index (χ4n) is 3.96. The first kappa shape index (κ1) is 21.2. The number of azide groups is 1. The van der Waals surface area contributed by atoms with Crippen LogP contribution in [0.15, 0.2) is 96.1 Å². The van der Waals surface area contributed by atoms with E-state index >= 15 is 0 Å². The Labute approximate surface area is 185 Å². The normalized spacial score (nSPS) is 18.2. The third-order valence-electron chi connectivity index (χ3n) is 5.53. The number of benzene rings is 3. The van der Waals surface area contributed by atoms with Crippen LogP contribution in [0.1, 0.15) is 22.7 Å². The SMILES string of the molecule is [N-]=[N+]=NC1C(=O)N(C(Cc2ccccc2)C(=O)OCc2ccccc2)C1c1ccccc1. The van der Waals surface area contributed by atoms with Crippen LogP contribution in [0.3, 0.4) is 0 Å². The van der Waals surface area contributed by atoms with E-state index in [-0.39, 0.29) is 12.5 Å². The molecule has 160 valence electrons. The largest absolute Gasteiger partial charge is 0.459 e. The van der Waals surface area contributed by atoms with Crippen LogP contribution in [-0.2, 0) is 27.4 Å². The molecule has 0 saturated carbocycles. The summed E-state index contributed by atoms with van der Waals surface area (Å²) in [5.41, 5.74) is 11.5. The number of hydrogen-bond donors (Lipinski definition) is 0. The lowest BCUT2D eigenvalue weighted by Gasteiger charge is -2.48. The Morgan fingerprint density at radius 1 is 0.938 bits per heavy atom. The maximum Gasteiger partial charge on any atom is 0.329 e. The molecule has 7 nitrogen and oxygen atoms in total. The van der Waals surface area contributed by atoms with Crippen LogP contribution >= 0.6 is 0 Å². The molecule has 7 heteroatoms. The molecule has 3 atom stereocenters. The van der Waals surface area contributed by atoms with Gasteiger partial charge in [0.1, 0.15) is 18.7 Å². The maximum absolute atomic E-state index is 13.2. The number of nitrogens with zero attached hydrogens (tertiary/aromatic N) is 4. The van der Waals surface area contributed by atoms with E-state index in [1.165, 1.54) is 4.90 Å². The first-order valence-electron chi connectivity index (χ1n) is 10.3. The van der Waals surface area contributed by atoms with Crippen LogP contribution in [0.2, 0.25) is 0 Å². The molecule has 4 rings (SSSR count). The first-order chi connectivity index (χ1) is 15.7. The van der Waals surface area contributed by atoms with Gasteiger partial charge in [-0.2, -0.15) is 0 Å². The summed E-state index contributed by atoms with van der Waals surface area (Å²) in [5, 5.41) is 3.70. The Kier molecular flexibility index (Phi) is 6.49. The summed E-state index contributed by atoms with van der Waals surface area (Å²) in [6, 6.07) is 25.9. The molecule has 0 aromatic heterocycles. The minimum absolute atomic E-state index is 0.114. The van der Waals surface area contributed by atoms with Gasteiger partial charge < -0.3 is 9.64 Å². The van der Waals surface area contributed by atoms with Crippen LogP contribution < -0.4 is 0 Å². The van der Waals surface area contributed by atoms with Gasteiger partial charge in [0.15, 0.2) is 0 Å². The quantitative estimate of drug-likeness (QED) is 0.173. The van der Waals surface area contributed by atoms with Gasteiger partial charge in [-0.1, -0.05) is 96.1 Å². The number of carbonyl (C=O) groups excluding carboxylic acids is 2. The monoisotopic (exact) mass is 426 g/mol. The van der Waals surface area contributed by atoms with Crippen LogP contribution in [0.5, 0.6) is 0 Å². The van der Waals surface area contributed by atoms with Gasteiger partial charge in [0, 0.05) is 11.3 Å². The van der Waals surface area contributed by atoms with E-state index < -0.39 is 24.1 Å². The number of likely N-dealkylation sites (tertiary alicyclic amines) is 1. The van der Waals surface area contributed by atoms with Crippen molar-refractivity contribution in [2.24, 2.45) is 5.11 Å². The number of amides is 1. The van der Waals surface area contributed by atoms with Crippen LogP contribution in [-0.4, -0.2) is 28.9 Å². The Morgan fingerprint density at radius 3 is 2.09 bits per heavy atom. The van der Waals surface area contributed by atoms with Crippen molar-refractivity contribution in [1.82, 2.24) is 4.90 Å². The lowest BCUT2D eigenvalue weighted by atomic mass is 9.86. The molecule has 1 amide bonds. The second-order valence-corrected chi connectivity index (χ2v) is 7.55. The van der Waals surface area contributed by atoms with Gasteiger partial charge in [-0.15, -0.1) is 0 Å². The van der Waals surface area contributed by atoms with Gasteiger partial charge in [-0.25, -0.2) is 4.79 Å². The highest BCUT2D eigenvalue weighted by molar-refractivity contribution is 5.94. The van der Waals surface area contributed by atoms with Crippen LogP contribution in [0, 0.1) is 0 Å². The lowest BCUT2D eigenvalue weighted by Crippen LogP contribution is -2.64. The summed E-state index contributed by atoms with van der Waals surface area (Å²) in [6.07, 6.45) is 0.298. The molecule has 0 aliphatic carbocycles. The highest BCUT2D eigenvalue weighted by atomic mass is 16.5. The number of β-lactam (4-membered cyclic amide) rings is 1. The molecule has 1 aliphatic heterocycles. The van der Waals surface area contributed by atoms with E-state index in [0.717, 1.165) is 16.7 Å². The second-order valence-electron chi connectivity index (χ2n) is 7.55. The minimum atomic E-state index is -0.886. The molecule has 0 N–H and O–H groups in total. The smallest absolute Gasteiger partial charge is 0.329 e. The number of esters is 1. The number of carbonyl (C=O) groups is 2. The van der Waals surface area contributed by atoms with E-state index in [4.69, 9.17) is 10.3 Å². The summed E-state index contributed by atoms with van der Waals surface area (Å²) in [5.74, 6) is -0.874. The van der Waals surface area contributed by atoms with Crippen molar-refractivity contribution in [2.45, 2.75) is 31.2 Å². The van der Waals surface area contributed by atoms with Gasteiger partial charge in [-0.3, -0.25) is 4.79 Å². The van der Waals surface area contributed by atoms with Gasteiger partial charge in [-0.05, 0) is 22.2 Å². The lowest BCUT2D eigenvalue weighted by molar-refractivity contribution is -0.168. The molecular formula is C25H22N4O3. The summed E-state index contributed by atoms with van der Waals surface area (Å²) < 4.78 is 5.61. The summed E-state index contributed by atoms with van der Waals surface area (Å²) in [7, 11) is 0. The zero-order valence-corrected chi connectivity index (χ0v) is 17.3. The van der Waals surface area contributed by atoms with Crippen molar-refractivity contribution in [3.8, 4) is 0 Å². The zero-order chi connectivity index (χ0) is 22.3. The maximum atomic E-state index is 13.2. The molecule has 3 aromatic carbocycles. The molecule has 1 heterocycles. The van der Waals surface area contributed by atoms with Crippen molar-refractivity contribution < 1.29 is 14.3 Å². The molecule has 1 aliphatic rings. The van der Waals surface area contributed by atoms with Crippen molar-refractivity contribution in [3.63, 3.8) is 0 Å². The molecule has 1 fully saturated rings. The van der Waals surface area contributed by atoms with Crippen LogP contribution in [0.25, 0.3) is 10.4 Å². The Bertz CT molecular complexity index is 1120. The predicted octanol–water partition coefficient (Wildman–Crippen LogP) is 4.60. The summed E-state index contributed by atoms with van der Waals surface area (Å²) >= 11 is 0. The van der Waals surface area contributed by atoms with Crippen molar-refractivity contribution in [1.29, 1.82) is 0 Å². The average molecular weight is 426 g/mol. The third-order valence-corrected chi connectivity index (χ3v) is 5.53. The summed E-state index contributed by atoms with van der Waals surface area (Å²) in [6.45, 7) is 0.114.